The molecule has 0 aliphatic heterocycles. The van der Waals surface area contributed by atoms with Gasteiger partial charge in [-0.3, -0.25) is 4.79 Å². The van der Waals surface area contributed by atoms with Crippen LogP contribution in [0.4, 0.5) is 0 Å². The van der Waals surface area contributed by atoms with Crippen molar-refractivity contribution < 1.29 is 4.79 Å². The molecule has 0 saturated heterocycles. The Balaban J connectivity index is 1.84. The first-order chi connectivity index (χ1) is 9.74. The SMILES string of the molecule is O=C(NC1CCCC1)c1cc(-n2cnnn2)ccc1Cl. The van der Waals surface area contributed by atoms with Gasteiger partial charge in [0.05, 0.1) is 16.3 Å². The average molecular weight is 292 g/mol. The molecule has 1 fully saturated rings. The van der Waals surface area contributed by atoms with E-state index in [0.29, 0.717) is 16.3 Å². The summed E-state index contributed by atoms with van der Waals surface area (Å²) < 4.78 is 1.49. The summed E-state index contributed by atoms with van der Waals surface area (Å²) in [7, 11) is 0. The highest BCUT2D eigenvalue weighted by Crippen LogP contribution is 2.22. The molecule has 0 spiro atoms. The number of rotatable bonds is 3. The molecule has 1 saturated carbocycles. The van der Waals surface area contributed by atoms with E-state index in [4.69, 9.17) is 11.6 Å². The van der Waals surface area contributed by atoms with Crippen molar-refractivity contribution in [3.63, 3.8) is 0 Å². The Bertz CT molecular complexity index is 607. The van der Waals surface area contributed by atoms with Crippen molar-refractivity contribution in [2.24, 2.45) is 0 Å². The summed E-state index contributed by atoms with van der Waals surface area (Å²) in [5.41, 5.74) is 1.16. The van der Waals surface area contributed by atoms with E-state index in [1.165, 1.54) is 23.9 Å². The fraction of sp³-hybridized carbons (Fsp3) is 0.385. The lowest BCUT2D eigenvalue weighted by atomic mass is 10.1. The van der Waals surface area contributed by atoms with Gasteiger partial charge < -0.3 is 5.32 Å². The predicted molar refractivity (Wildman–Crippen MR) is 73.9 cm³/mol. The largest absolute Gasteiger partial charge is 0.349 e. The fourth-order valence-corrected chi connectivity index (χ4v) is 2.65. The molecule has 0 unspecified atom stereocenters. The molecule has 1 aliphatic rings. The Morgan fingerprint density at radius 1 is 1.35 bits per heavy atom. The highest BCUT2D eigenvalue weighted by Gasteiger charge is 2.19. The van der Waals surface area contributed by atoms with E-state index >= 15 is 0 Å². The molecular formula is C13H14ClN5O. The zero-order valence-corrected chi connectivity index (χ0v) is 11.5. The first kappa shape index (κ1) is 13.1. The van der Waals surface area contributed by atoms with Gasteiger partial charge in [0.25, 0.3) is 5.91 Å². The van der Waals surface area contributed by atoms with E-state index in [2.05, 4.69) is 20.8 Å². The van der Waals surface area contributed by atoms with Crippen molar-refractivity contribution >= 4 is 17.5 Å². The summed E-state index contributed by atoms with van der Waals surface area (Å²) in [6.07, 6.45) is 5.89. The number of carbonyl (C=O) groups is 1. The van der Waals surface area contributed by atoms with E-state index in [1.54, 1.807) is 18.2 Å². The van der Waals surface area contributed by atoms with Gasteiger partial charge in [-0.1, -0.05) is 24.4 Å². The number of aromatic nitrogens is 4. The molecule has 3 rings (SSSR count). The van der Waals surface area contributed by atoms with Gasteiger partial charge in [0.1, 0.15) is 6.33 Å². The minimum absolute atomic E-state index is 0.142. The lowest BCUT2D eigenvalue weighted by Crippen LogP contribution is -2.32. The molecular weight excluding hydrogens is 278 g/mol. The number of carbonyl (C=O) groups excluding carboxylic acids is 1. The number of tetrazole rings is 1. The summed E-state index contributed by atoms with van der Waals surface area (Å²) in [5, 5.41) is 14.4. The summed E-state index contributed by atoms with van der Waals surface area (Å²) in [5.74, 6) is -0.142. The molecule has 1 heterocycles. The number of benzene rings is 1. The minimum atomic E-state index is -0.142. The second-order valence-corrected chi connectivity index (χ2v) is 5.28. The van der Waals surface area contributed by atoms with E-state index < -0.39 is 0 Å². The summed E-state index contributed by atoms with van der Waals surface area (Å²) in [4.78, 5) is 12.3. The van der Waals surface area contributed by atoms with Crippen LogP contribution in [0.25, 0.3) is 5.69 Å². The maximum atomic E-state index is 12.3. The van der Waals surface area contributed by atoms with Crippen LogP contribution in [0.15, 0.2) is 24.5 Å². The zero-order valence-electron chi connectivity index (χ0n) is 10.8. The van der Waals surface area contributed by atoms with Crippen LogP contribution in [0.1, 0.15) is 36.0 Å². The van der Waals surface area contributed by atoms with Gasteiger partial charge in [0.15, 0.2) is 0 Å². The number of hydrogen-bond donors (Lipinski definition) is 1. The van der Waals surface area contributed by atoms with Crippen LogP contribution in [0.2, 0.25) is 5.02 Å². The summed E-state index contributed by atoms with van der Waals surface area (Å²) >= 11 is 6.12. The van der Waals surface area contributed by atoms with E-state index in [1.807, 2.05) is 0 Å². The Labute approximate surface area is 121 Å². The standard InChI is InChI=1S/C13H14ClN5O/c14-12-6-5-10(19-8-15-17-18-19)7-11(12)13(20)16-9-3-1-2-4-9/h5-9H,1-4H2,(H,16,20). The van der Waals surface area contributed by atoms with Crippen LogP contribution in [0.5, 0.6) is 0 Å². The van der Waals surface area contributed by atoms with E-state index in [0.717, 1.165) is 12.8 Å². The zero-order chi connectivity index (χ0) is 13.9. The minimum Gasteiger partial charge on any atom is -0.349 e. The maximum absolute atomic E-state index is 12.3. The lowest BCUT2D eigenvalue weighted by molar-refractivity contribution is 0.0938. The van der Waals surface area contributed by atoms with Crippen molar-refractivity contribution in [2.75, 3.05) is 0 Å². The Morgan fingerprint density at radius 2 is 2.15 bits per heavy atom. The molecule has 7 heteroatoms. The summed E-state index contributed by atoms with van der Waals surface area (Å²) in [6, 6.07) is 5.41. The second kappa shape index (κ2) is 5.58. The Morgan fingerprint density at radius 3 is 2.85 bits per heavy atom. The normalized spacial score (nSPS) is 15.4. The van der Waals surface area contributed by atoms with Crippen molar-refractivity contribution in [1.82, 2.24) is 25.5 Å². The number of nitrogens with one attached hydrogen (secondary N) is 1. The molecule has 0 atom stereocenters. The molecule has 0 bridgehead atoms. The predicted octanol–water partition coefficient (Wildman–Crippen LogP) is 1.99. The number of halogens is 1. The monoisotopic (exact) mass is 291 g/mol. The highest BCUT2D eigenvalue weighted by atomic mass is 35.5. The van der Waals surface area contributed by atoms with Gasteiger partial charge in [0.2, 0.25) is 0 Å². The van der Waals surface area contributed by atoms with Crippen LogP contribution >= 0.6 is 11.6 Å². The van der Waals surface area contributed by atoms with Crippen LogP contribution in [0.3, 0.4) is 0 Å². The van der Waals surface area contributed by atoms with Gasteiger partial charge in [-0.05, 0) is 41.5 Å². The molecule has 1 N–H and O–H groups in total. The first-order valence-corrected chi connectivity index (χ1v) is 6.95. The van der Waals surface area contributed by atoms with Gasteiger partial charge in [0, 0.05) is 6.04 Å². The van der Waals surface area contributed by atoms with Crippen LogP contribution in [-0.4, -0.2) is 32.2 Å². The molecule has 1 amide bonds. The topological polar surface area (TPSA) is 72.7 Å². The van der Waals surface area contributed by atoms with Gasteiger partial charge in [-0.25, -0.2) is 4.68 Å². The molecule has 1 aliphatic carbocycles. The molecule has 6 nitrogen and oxygen atoms in total. The Hall–Kier alpha value is -1.95. The molecule has 20 heavy (non-hydrogen) atoms. The van der Waals surface area contributed by atoms with Crippen molar-refractivity contribution in [2.45, 2.75) is 31.7 Å². The lowest BCUT2D eigenvalue weighted by Gasteiger charge is -2.13. The molecule has 1 aromatic heterocycles. The molecule has 2 aromatic rings. The van der Waals surface area contributed by atoms with Gasteiger partial charge >= 0.3 is 0 Å². The third kappa shape index (κ3) is 2.65. The third-order valence-corrected chi connectivity index (χ3v) is 3.83. The van der Waals surface area contributed by atoms with Gasteiger partial charge in [-0.2, -0.15) is 0 Å². The van der Waals surface area contributed by atoms with Gasteiger partial charge in [-0.15, -0.1) is 5.10 Å². The van der Waals surface area contributed by atoms with Crippen molar-refractivity contribution in [3.8, 4) is 5.69 Å². The molecule has 104 valence electrons. The van der Waals surface area contributed by atoms with E-state index in [9.17, 15) is 4.79 Å². The molecule has 1 aromatic carbocycles. The maximum Gasteiger partial charge on any atom is 0.253 e. The Kier molecular flexibility index (Phi) is 3.64. The van der Waals surface area contributed by atoms with Crippen LogP contribution < -0.4 is 5.32 Å². The first-order valence-electron chi connectivity index (χ1n) is 6.58. The molecule has 0 radical (unpaired) electrons. The highest BCUT2D eigenvalue weighted by molar-refractivity contribution is 6.33. The average Bonchev–Trinajstić information content (AvgIpc) is 3.11. The second-order valence-electron chi connectivity index (χ2n) is 4.87. The fourth-order valence-electron chi connectivity index (χ4n) is 2.44. The number of amides is 1. The number of hydrogen-bond acceptors (Lipinski definition) is 4. The van der Waals surface area contributed by atoms with E-state index in [-0.39, 0.29) is 11.9 Å². The van der Waals surface area contributed by atoms with Crippen LogP contribution in [-0.2, 0) is 0 Å². The number of nitrogens with zero attached hydrogens (tertiary/aromatic N) is 4. The quantitative estimate of drug-likeness (QED) is 0.938. The van der Waals surface area contributed by atoms with Crippen molar-refractivity contribution in [3.05, 3.63) is 35.1 Å². The third-order valence-electron chi connectivity index (χ3n) is 3.50. The van der Waals surface area contributed by atoms with Crippen molar-refractivity contribution in [1.29, 1.82) is 0 Å². The summed E-state index contributed by atoms with van der Waals surface area (Å²) in [6.45, 7) is 0. The smallest absolute Gasteiger partial charge is 0.253 e. The van der Waals surface area contributed by atoms with Crippen LogP contribution in [0, 0.1) is 0 Å².